The lowest BCUT2D eigenvalue weighted by atomic mass is 10.1. The van der Waals surface area contributed by atoms with E-state index >= 15 is 0 Å². The van der Waals surface area contributed by atoms with Gasteiger partial charge < -0.3 is 14.2 Å². The lowest BCUT2D eigenvalue weighted by Crippen LogP contribution is -2.10. The van der Waals surface area contributed by atoms with Gasteiger partial charge in [-0.2, -0.15) is 0 Å². The van der Waals surface area contributed by atoms with E-state index < -0.39 is 11.9 Å². The second-order valence-electron chi connectivity index (χ2n) is 6.99. The van der Waals surface area contributed by atoms with E-state index in [0.29, 0.717) is 26.2 Å². The number of aryl methyl sites for hydroxylation is 1. The summed E-state index contributed by atoms with van der Waals surface area (Å²) in [6.45, 7) is 1.98. The molecule has 1 aliphatic rings. The smallest absolute Gasteiger partial charge is 0.363 e. The first-order valence-electron chi connectivity index (χ1n) is 9.69. The molecule has 0 saturated carbocycles. The van der Waals surface area contributed by atoms with Crippen molar-refractivity contribution < 1.29 is 23.8 Å². The fraction of sp³-hybridized carbons (Fsp3) is 0.0800. The van der Waals surface area contributed by atoms with Crippen LogP contribution in [-0.2, 0) is 9.53 Å². The van der Waals surface area contributed by atoms with E-state index in [9.17, 15) is 9.59 Å². The number of hydrogen-bond acceptors (Lipinski definition) is 6. The molecule has 0 N–H and O–H groups in total. The number of methoxy groups -OCH3 is 1. The number of hydrogen-bond donors (Lipinski definition) is 0. The first-order valence-corrected chi connectivity index (χ1v) is 10.8. The van der Waals surface area contributed by atoms with Crippen molar-refractivity contribution in [2.45, 2.75) is 6.92 Å². The Morgan fingerprint density at radius 2 is 1.78 bits per heavy atom. The van der Waals surface area contributed by atoms with Crippen molar-refractivity contribution in [3.8, 4) is 11.5 Å². The van der Waals surface area contributed by atoms with E-state index in [4.69, 9.17) is 14.2 Å². The summed E-state index contributed by atoms with van der Waals surface area (Å²) >= 11 is 2.06. The van der Waals surface area contributed by atoms with Crippen molar-refractivity contribution in [3.05, 3.63) is 98.3 Å². The molecule has 0 aromatic heterocycles. The van der Waals surface area contributed by atoms with Gasteiger partial charge in [0.2, 0.25) is 5.90 Å². The Morgan fingerprint density at radius 3 is 2.47 bits per heavy atom. The molecule has 160 valence electrons. The molecule has 32 heavy (non-hydrogen) atoms. The summed E-state index contributed by atoms with van der Waals surface area (Å²) < 4.78 is 17.0. The monoisotopic (exact) mass is 539 g/mol. The van der Waals surface area contributed by atoms with Gasteiger partial charge in [-0.1, -0.05) is 35.9 Å². The van der Waals surface area contributed by atoms with Crippen molar-refractivity contribution in [2.75, 3.05) is 7.11 Å². The van der Waals surface area contributed by atoms with E-state index in [1.165, 1.54) is 7.11 Å². The lowest BCUT2D eigenvalue weighted by molar-refractivity contribution is -0.129. The van der Waals surface area contributed by atoms with Gasteiger partial charge in [-0.25, -0.2) is 14.6 Å². The number of cyclic esters (lactones) is 1. The number of nitrogens with zero attached hydrogens (tertiary/aromatic N) is 1. The maximum absolute atomic E-state index is 12.5. The SMILES string of the molecule is COc1cc(/C=C2\N=C(c3ccc(C)cc3)OC2=O)cc(I)c1OC(=O)c1ccccc1. The highest BCUT2D eigenvalue weighted by Gasteiger charge is 2.24. The van der Waals surface area contributed by atoms with Crippen LogP contribution in [0.15, 0.2) is 77.4 Å². The van der Waals surface area contributed by atoms with Gasteiger partial charge >= 0.3 is 11.9 Å². The molecule has 0 aliphatic carbocycles. The van der Waals surface area contributed by atoms with E-state index in [-0.39, 0.29) is 11.6 Å². The highest BCUT2D eigenvalue weighted by atomic mass is 127. The van der Waals surface area contributed by atoms with Gasteiger partial charge in [0.05, 0.1) is 16.2 Å². The number of benzene rings is 3. The van der Waals surface area contributed by atoms with Crippen LogP contribution >= 0.6 is 22.6 Å². The summed E-state index contributed by atoms with van der Waals surface area (Å²) in [5.41, 5.74) is 3.09. The zero-order valence-corrected chi connectivity index (χ0v) is 19.5. The quantitative estimate of drug-likeness (QED) is 0.194. The second kappa shape index (κ2) is 9.35. The van der Waals surface area contributed by atoms with Crippen molar-refractivity contribution in [1.29, 1.82) is 0 Å². The zero-order valence-electron chi connectivity index (χ0n) is 17.3. The van der Waals surface area contributed by atoms with Crippen LogP contribution in [0.4, 0.5) is 0 Å². The minimum atomic E-state index is -0.533. The number of carbonyl (C=O) groups excluding carboxylic acids is 2. The zero-order chi connectivity index (χ0) is 22.7. The van der Waals surface area contributed by atoms with Crippen LogP contribution in [0.3, 0.4) is 0 Å². The molecule has 1 heterocycles. The lowest BCUT2D eigenvalue weighted by Gasteiger charge is -2.12. The first kappa shape index (κ1) is 21.8. The van der Waals surface area contributed by atoms with Gasteiger partial charge in [-0.05, 0) is 77.6 Å². The second-order valence-corrected chi connectivity index (χ2v) is 8.15. The maximum Gasteiger partial charge on any atom is 0.363 e. The normalized spacial score (nSPS) is 14.2. The third-order valence-electron chi connectivity index (χ3n) is 4.68. The van der Waals surface area contributed by atoms with Crippen LogP contribution < -0.4 is 9.47 Å². The molecular formula is C25H18INO5. The number of esters is 2. The minimum absolute atomic E-state index is 0.174. The third kappa shape index (κ3) is 4.72. The topological polar surface area (TPSA) is 74.2 Å². The fourth-order valence-corrected chi connectivity index (χ4v) is 3.77. The molecule has 0 spiro atoms. The standard InChI is InChI=1S/C25H18INO5/c1-15-8-10-17(11-9-15)23-27-20(25(29)32-23)13-16-12-19(26)22(21(14-16)30-2)31-24(28)18-6-4-3-5-7-18/h3-14H,1-2H3/b20-13-. The molecule has 6 nitrogen and oxygen atoms in total. The molecule has 0 saturated heterocycles. The summed E-state index contributed by atoms with van der Waals surface area (Å²) in [7, 11) is 1.49. The number of halogens is 1. The van der Waals surface area contributed by atoms with Gasteiger partial charge in [0.1, 0.15) is 0 Å². The molecule has 0 atom stereocenters. The summed E-state index contributed by atoms with van der Waals surface area (Å²) in [4.78, 5) is 29.1. The molecule has 0 fully saturated rings. The maximum atomic E-state index is 12.5. The van der Waals surface area contributed by atoms with Gasteiger partial charge in [0.25, 0.3) is 0 Å². The molecule has 3 aromatic rings. The number of aliphatic imine (C=N–C) groups is 1. The van der Waals surface area contributed by atoms with E-state index in [1.807, 2.05) is 37.3 Å². The fourth-order valence-electron chi connectivity index (χ4n) is 3.03. The highest BCUT2D eigenvalue weighted by molar-refractivity contribution is 14.1. The predicted molar refractivity (Wildman–Crippen MR) is 129 cm³/mol. The van der Waals surface area contributed by atoms with Gasteiger partial charge in [0, 0.05) is 5.56 Å². The predicted octanol–water partition coefficient (Wildman–Crippen LogP) is 5.17. The molecule has 0 bridgehead atoms. The van der Waals surface area contributed by atoms with E-state index in [0.717, 1.165) is 11.1 Å². The Hall–Kier alpha value is -3.46. The van der Waals surface area contributed by atoms with Crippen LogP contribution in [0.25, 0.3) is 6.08 Å². The van der Waals surface area contributed by atoms with Gasteiger partial charge in [-0.3, -0.25) is 0 Å². The van der Waals surface area contributed by atoms with Crippen LogP contribution in [0.2, 0.25) is 0 Å². The summed E-state index contributed by atoms with van der Waals surface area (Å²) in [6, 6.07) is 19.7. The minimum Gasteiger partial charge on any atom is -0.493 e. The number of rotatable bonds is 5. The molecule has 4 rings (SSSR count). The van der Waals surface area contributed by atoms with E-state index in [2.05, 4.69) is 27.6 Å². The van der Waals surface area contributed by atoms with E-state index in [1.54, 1.807) is 42.5 Å². The molecular weight excluding hydrogens is 521 g/mol. The first-order chi connectivity index (χ1) is 15.4. The Kier molecular flexibility index (Phi) is 6.36. The van der Waals surface area contributed by atoms with Crippen LogP contribution in [0.1, 0.15) is 27.0 Å². The summed E-state index contributed by atoms with van der Waals surface area (Å²) in [5, 5.41) is 0. The Bertz CT molecular complexity index is 1250. The van der Waals surface area contributed by atoms with Crippen molar-refractivity contribution in [2.24, 2.45) is 4.99 Å². The van der Waals surface area contributed by atoms with Gasteiger partial charge in [-0.15, -0.1) is 0 Å². The Balaban J connectivity index is 1.62. The molecule has 7 heteroatoms. The molecule has 0 unspecified atom stereocenters. The Labute approximate surface area is 198 Å². The van der Waals surface area contributed by atoms with Crippen molar-refractivity contribution >= 4 is 46.5 Å². The van der Waals surface area contributed by atoms with Crippen molar-refractivity contribution in [3.63, 3.8) is 0 Å². The third-order valence-corrected chi connectivity index (χ3v) is 5.48. The summed E-state index contributed by atoms with van der Waals surface area (Å²) in [6.07, 6.45) is 1.61. The summed E-state index contributed by atoms with van der Waals surface area (Å²) in [5.74, 6) is -0.0887. The largest absolute Gasteiger partial charge is 0.493 e. The highest BCUT2D eigenvalue weighted by Crippen LogP contribution is 2.35. The van der Waals surface area contributed by atoms with Crippen molar-refractivity contribution in [1.82, 2.24) is 0 Å². The van der Waals surface area contributed by atoms with Crippen LogP contribution in [0.5, 0.6) is 11.5 Å². The number of ether oxygens (including phenoxy) is 3. The van der Waals surface area contributed by atoms with Crippen LogP contribution in [-0.4, -0.2) is 24.9 Å². The molecule has 0 amide bonds. The number of carbonyl (C=O) groups is 2. The average molecular weight is 539 g/mol. The molecule has 1 aliphatic heterocycles. The van der Waals surface area contributed by atoms with Crippen LogP contribution in [0, 0.1) is 10.5 Å². The average Bonchev–Trinajstić information content (AvgIpc) is 3.16. The van der Waals surface area contributed by atoms with Gasteiger partial charge in [0.15, 0.2) is 17.2 Å². The Morgan fingerprint density at radius 1 is 1.06 bits per heavy atom. The molecule has 0 radical (unpaired) electrons. The molecule has 3 aromatic carbocycles.